The number of carbonyl (C=O) groups is 2. The summed E-state index contributed by atoms with van der Waals surface area (Å²) in [6.45, 7) is 4.11. The van der Waals surface area contributed by atoms with E-state index in [4.69, 9.17) is 9.47 Å². The van der Waals surface area contributed by atoms with Crippen LogP contribution in [0.5, 0.6) is 0 Å². The quantitative estimate of drug-likeness (QED) is 0.0447. The number of esters is 2. The van der Waals surface area contributed by atoms with E-state index in [1.807, 2.05) is 0 Å². The molecule has 0 aromatic rings. The van der Waals surface area contributed by atoms with Gasteiger partial charge in [0.25, 0.3) is 0 Å². The third-order valence-corrected chi connectivity index (χ3v) is 8.31. The highest BCUT2D eigenvalue weighted by Crippen LogP contribution is 2.15. The molecule has 1 N–H and O–H groups in total. The lowest BCUT2D eigenvalue weighted by atomic mass is 10.0. The van der Waals surface area contributed by atoms with Crippen LogP contribution < -0.4 is 0 Å². The van der Waals surface area contributed by atoms with Crippen LogP contribution in [0.25, 0.3) is 0 Å². The first-order valence-corrected chi connectivity index (χ1v) is 18.7. The van der Waals surface area contributed by atoms with Crippen LogP contribution in [0.1, 0.15) is 200 Å². The second-order valence-corrected chi connectivity index (χ2v) is 12.7. The van der Waals surface area contributed by atoms with E-state index in [0.717, 1.165) is 44.9 Å². The molecule has 0 saturated heterocycles. The predicted octanol–water partition coefficient (Wildman–Crippen LogP) is 11.3. The van der Waals surface area contributed by atoms with Gasteiger partial charge >= 0.3 is 11.9 Å². The lowest BCUT2D eigenvalue weighted by Gasteiger charge is -2.15. The second-order valence-electron chi connectivity index (χ2n) is 12.7. The molecule has 0 amide bonds. The van der Waals surface area contributed by atoms with Crippen LogP contribution in [0, 0.1) is 0 Å². The number of hydrogen-bond acceptors (Lipinski definition) is 5. The fraction of sp³-hybridized carbons (Fsp3) is 0.895. The Kier molecular flexibility index (Phi) is 34.0. The molecule has 254 valence electrons. The SMILES string of the molecule is CCCCC/C=C/CCCCCCCC(=O)OC[C@H](CO)OC(=O)CCCCCCCCCCCCCCCCCCC. The number of rotatable bonds is 34. The van der Waals surface area contributed by atoms with Gasteiger partial charge in [-0.25, -0.2) is 0 Å². The van der Waals surface area contributed by atoms with Crippen LogP contribution in [0.4, 0.5) is 0 Å². The minimum absolute atomic E-state index is 0.0648. The molecule has 0 heterocycles. The van der Waals surface area contributed by atoms with Gasteiger partial charge in [-0.05, 0) is 38.5 Å². The summed E-state index contributed by atoms with van der Waals surface area (Å²) in [4.78, 5) is 24.2. The van der Waals surface area contributed by atoms with Crippen molar-refractivity contribution >= 4 is 11.9 Å². The highest BCUT2D eigenvalue weighted by atomic mass is 16.6. The van der Waals surface area contributed by atoms with Crippen molar-refractivity contribution in [2.75, 3.05) is 13.2 Å². The maximum atomic E-state index is 12.1. The van der Waals surface area contributed by atoms with E-state index >= 15 is 0 Å². The van der Waals surface area contributed by atoms with Crippen LogP contribution in [0.15, 0.2) is 12.2 Å². The minimum Gasteiger partial charge on any atom is -0.462 e. The molecule has 0 radical (unpaired) electrons. The first kappa shape index (κ1) is 41.6. The molecule has 0 unspecified atom stereocenters. The summed E-state index contributed by atoms with van der Waals surface area (Å²) in [5.41, 5.74) is 0. The average molecular weight is 609 g/mol. The average Bonchev–Trinajstić information content (AvgIpc) is 3.01. The highest BCUT2D eigenvalue weighted by molar-refractivity contribution is 5.70. The van der Waals surface area contributed by atoms with Crippen LogP contribution in [0.3, 0.4) is 0 Å². The van der Waals surface area contributed by atoms with Gasteiger partial charge in [-0.15, -0.1) is 0 Å². The number of hydrogen-bond donors (Lipinski definition) is 1. The van der Waals surface area contributed by atoms with Gasteiger partial charge in [-0.3, -0.25) is 9.59 Å². The zero-order valence-electron chi connectivity index (χ0n) is 28.7. The van der Waals surface area contributed by atoms with Crippen molar-refractivity contribution in [3.8, 4) is 0 Å². The Morgan fingerprint density at radius 3 is 1.30 bits per heavy atom. The first-order valence-electron chi connectivity index (χ1n) is 18.7. The van der Waals surface area contributed by atoms with E-state index < -0.39 is 6.10 Å². The smallest absolute Gasteiger partial charge is 0.306 e. The molecule has 5 heteroatoms. The molecule has 0 aliphatic rings. The molecule has 0 spiro atoms. The molecular weight excluding hydrogens is 536 g/mol. The monoisotopic (exact) mass is 609 g/mol. The van der Waals surface area contributed by atoms with E-state index in [0.29, 0.717) is 12.8 Å². The van der Waals surface area contributed by atoms with Crippen LogP contribution in [-0.4, -0.2) is 36.4 Å². The molecule has 1 atom stereocenters. The maximum Gasteiger partial charge on any atom is 0.306 e. The van der Waals surface area contributed by atoms with Crippen molar-refractivity contribution < 1.29 is 24.2 Å². The Labute approximate surface area is 267 Å². The summed E-state index contributed by atoms with van der Waals surface area (Å²) >= 11 is 0. The van der Waals surface area contributed by atoms with Gasteiger partial charge in [0.1, 0.15) is 6.61 Å². The molecule has 0 aliphatic carbocycles. The summed E-state index contributed by atoms with van der Waals surface area (Å²) in [6.07, 6.45) is 38.4. The van der Waals surface area contributed by atoms with Crippen LogP contribution >= 0.6 is 0 Å². The lowest BCUT2D eigenvalue weighted by molar-refractivity contribution is -0.161. The Hall–Kier alpha value is -1.36. The molecule has 0 aromatic heterocycles. The summed E-state index contributed by atoms with van der Waals surface area (Å²) in [7, 11) is 0. The summed E-state index contributed by atoms with van der Waals surface area (Å²) < 4.78 is 10.6. The van der Waals surface area contributed by atoms with Gasteiger partial charge in [0.15, 0.2) is 6.10 Å². The Balaban J connectivity index is 3.52. The molecule has 0 saturated carbocycles. The third kappa shape index (κ3) is 33.4. The zero-order chi connectivity index (χ0) is 31.5. The van der Waals surface area contributed by atoms with E-state index in [-0.39, 0.29) is 25.2 Å². The summed E-state index contributed by atoms with van der Waals surface area (Å²) in [5, 5.41) is 9.52. The summed E-state index contributed by atoms with van der Waals surface area (Å²) in [6, 6.07) is 0. The van der Waals surface area contributed by atoms with Crippen molar-refractivity contribution in [2.45, 2.75) is 206 Å². The molecule has 0 bridgehead atoms. The molecule has 5 nitrogen and oxygen atoms in total. The molecule has 0 aromatic carbocycles. The fourth-order valence-electron chi connectivity index (χ4n) is 5.43. The van der Waals surface area contributed by atoms with Gasteiger partial charge in [0, 0.05) is 12.8 Å². The molecule has 0 aliphatic heterocycles. The Morgan fingerprint density at radius 2 is 0.860 bits per heavy atom. The first-order chi connectivity index (χ1) is 21.1. The zero-order valence-corrected chi connectivity index (χ0v) is 28.7. The number of aliphatic hydroxyl groups is 1. The van der Waals surface area contributed by atoms with Crippen LogP contribution in [-0.2, 0) is 19.1 Å². The number of allylic oxidation sites excluding steroid dienone is 2. The van der Waals surface area contributed by atoms with Crippen molar-refractivity contribution in [2.24, 2.45) is 0 Å². The number of ether oxygens (including phenoxy) is 2. The Morgan fingerprint density at radius 1 is 0.512 bits per heavy atom. The number of carbonyl (C=O) groups excluding carboxylic acids is 2. The summed E-state index contributed by atoms with van der Waals surface area (Å²) in [5.74, 6) is -0.593. The highest BCUT2D eigenvalue weighted by Gasteiger charge is 2.16. The Bertz CT molecular complexity index is 617. The molecule has 43 heavy (non-hydrogen) atoms. The molecule has 0 fully saturated rings. The lowest BCUT2D eigenvalue weighted by Crippen LogP contribution is -2.28. The van der Waals surface area contributed by atoms with Gasteiger partial charge in [-0.1, -0.05) is 161 Å². The van der Waals surface area contributed by atoms with E-state index in [9.17, 15) is 14.7 Å². The third-order valence-electron chi connectivity index (χ3n) is 8.31. The van der Waals surface area contributed by atoms with Gasteiger partial charge in [0.05, 0.1) is 6.61 Å². The molecular formula is C38H72O5. The van der Waals surface area contributed by atoms with Crippen molar-refractivity contribution in [1.82, 2.24) is 0 Å². The van der Waals surface area contributed by atoms with Crippen molar-refractivity contribution in [3.63, 3.8) is 0 Å². The number of unbranched alkanes of at least 4 members (excludes halogenated alkanes) is 24. The van der Waals surface area contributed by atoms with E-state index in [1.54, 1.807) is 0 Å². The van der Waals surface area contributed by atoms with Crippen molar-refractivity contribution in [1.29, 1.82) is 0 Å². The standard InChI is InChI=1S/C38H72O5/c1-3-5-7-9-11-13-15-17-18-19-20-21-23-25-27-29-31-33-38(41)43-36(34-39)35-42-37(40)32-30-28-26-24-22-16-14-12-10-8-6-4-2/h12,14,36,39H,3-11,13,15-35H2,1-2H3/b14-12+/t36-/m0/s1. The minimum atomic E-state index is -0.766. The van der Waals surface area contributed by atoms with Gasteiger partial charge in [-0.2, -0.15) is 0 Å². The number of aliphatic hydroxyl groups excluding tert-OH is 1. The largest absolute Gasteiger partial charge is 0.462 e. The topological polar surface area (TPSA) is 72.8 Å². The van der Waals surface area contributed by atoms with Crippen molar-refractivity contribution in [3.05, 3.63) is 12.2 Å². The van der Waals surface area contributed by atoms with E-state index in [1.165, 1.54) is 128 Å². The maximum absolute atomic E-state index is 12.1. The normalized spacial score (nSPS) is 12.2. The molecule has 0 rings (SSSR count). The van der Waals surface area contributed by atoms with Gasteiger partial charge < -0.3 is 14.6 Å². The predicted molar refractivity (Wildman–Crippen MR) is 182 cm³/mol. The second kappa shape index (κ2) is 35.1. The van der Waals surface area contributed by atoms with E-state index in [2.05, 4.69) is 26.0 Å². The van der Waals surface area contributed by atoms with Crippen LogP contribution in [0.2, 0.25) is 0 Å². The fourth-order valence-corrected chi connectivity index (χ4v) is 5.43. The van der Waals surface area contributed by atoms with Gasteiger partial charge in [0.2, 0.25) is 0 Å².